The van der Waals surface area contributed by atoms with Crippen molar-refractivity contribution in [2.24, 2.45) is 11.7 Å². The Morgan fingerprint density at radius 1 is 1.43 bits per heavy atom. The molecule has 0 saturated carbocycles. The number of piperidine rings is 1. The minimum absolute atomic E-state index is 0.706. The van der Waals surface area contributed by atoms with Gasteiger partial charge in [0, 0.05) is 30.9 Å². The Morgan fingerprint density at radius 2 is 2.33 bits per heavy atom. The molecule has 0 unspecified atom stereocenters. The molecule has 0 amide bonds. The minimum atomic E-state index is 0.706. The fourth-order valence-corrected chi connectivity index (χ4v) is 3.30. The van der Waals surface area contributed by atoms with Crippen molar-refractivity contribution < 1.29 is 0 Å². The molecule has 0 radical (unpaired) electrons. The Labute approximate surface area is 126 Å². The van der Waals surface area contributed by atoms with Gasteiger partial charge < -0.3 is 10.6 Å². The lowest BCUT2D eigenvalue weighted by molar-refractivity contribution is 0.393. The van der Waals surface area contributed by atoms with Crippen LogP contribution in [0.4, 0.5) is 5.82 Å². The van der Waals surface area contributed by atoms with Gasteiger partial charge in [0.15, 0.2) is 5.65 Å². The van der Waals surface area contributed by atoms with Crippen LogP contribution < -0.4 is 10.6 Å². The van der Waals surface area contributed by atoms with Gasteiger partial charge in [-0.25, -0.2) is 4.98 Å². The number of hydrogen-bond acceptors (Lipinski definition) is 4. The molecule has 0 aliphatic carbocycles. The summed E-state index contributed by atoms with van der Waals surface area (Å²) in [6.45, 7) is 5.17. The van der Waals surface area contributed by atoms with Gasteiger partial charge in [-0.2, -0.15) is 9.61 Å². The van der Waals surface area contributed by atoms with E-state index in [1.807, 2.05) is 16.8 Å². The molecule has 2 aromatic heterocycles. The van der Waals surface area contributed by atoms with E-state index in [0.29, 0.717) is 5.92 Å². The first-order valence-corrected chi connectivity index (χ1v) is 8.10. The second-order valence-corrected chi connectivity index (χ2v) is 5.99. The third kappa shape index (κ3) is 3.02. The molecule has 2 N–H and O–H groups in total. The molecule has 5 nitrogen and oxygen atoms in total. The Balaban J connectivity index is 1.92. The summed E-state index contributed by atoms with van der Waals surface area (Å²) in [7, 11) is 0. The molecule has 3 heterocycles. The predicted molar refractivity (Wildman–Crippen MR) is 85.6 cm³/mol. The summed E-state index contributed by atoms with van der Waals surface area (Å²) in [5.41, 5.74) is 7.86. The van der Waals surface area contributed by atoms with E-state index < -0.39 is 0 Å². The van der Waals surface area contributed by atoms with Crippen LogP contribution in [-0.4, -0.2) is 34.2 Å². The summed E-state index contributed by atoms with van der Waals surface area (Å²) in [5.74, 6) is 1.90. The molecule has 3 rings (SSSR count). The number of fused-ring (bicyclic) bond motifs is 1. The van der Waals surface area contributed by atoms with Crippen molar-refractivity contribution in [3.8, 4) is 0 Å². The number of aromatic nitrogens is 3. The van der Waals surface area contributed by atoms with E-state index in [1.165, 1.54) is 24.4 Å². The van der Waals surface area contributed by atoms with E-state index in [2.05, 4.69) is 28.0 Å². The lowest BCUT2D eigenvalue weighted by Crippen LogP contribution is -2.37. The van der Waals surface area contributed by atoms with Crippen LogP contribution in [0.3, 0.4) is 0 Å². The Bertz CT molecular complexity index is 589. The van der Waals surface area contributed by atoms with Crippen molar-refractivity contribution in [2.45, 2.75) is 39.0 Å². The summed E-state index contributed by atoms with van der Waals surface area (Å²) in [6.07, 6.45) is 7.62. The topological polar surface area (TPSA) is 59.5 Å². The number of anilines is 1. The molecule has 0 spiro atoms. The highest BCUT2D eigenvalue weighted by atomic mass is 15.3. The van der Waals surface area contributed by atoms with Crippen molar-refractivity contribution in [1.82, 2.24) is 14.6 Å². The Morgan fingerprint density at radius 3 is 3.14 bits per heavy atom. The number of aryl methyl sites for hydroxylation is 1. The molecule has 0 bridgehead atoms. The summed E-state index contributed by atoms with van der Waals surface area (Å²) >= 11 is 0. The molecule has 1 fully saturated rings. The largest absolute Gasteiger partial charge is 0.356 e. The van der Waals surface area contributed by atoms with Gasteiger partial charge >= 0.3 is 0 Å². The van der Waals surface area contributed by atoms with E-state index in [1.54, 1.807) is 0 Å². The number of nitrogens with zero attached hydrogens (tertiary/aromatic N) is 4. The summed E-state index contributed by atoms with van der Waals surface area (Å²) in [6, 6.07) is 4.21. The standard InChI is InChI=1S/C16H25N5/c1-2-4-14-11-16(21-15(19-14)7-9-18-21)20-10-3-5-13(12-20)6-8-17/h7,9,11,13H,2-6,8,10,12,17H2,1H3/t13-/m0/s1. The molecule has 1 atom stereocenters. The molecular weight excluding hydrogens is 262 g/mol. The van der Waals surface area contributed by atoms with Crippen LogP contribution in [0.2, 0.25) is 0 Å². The third-order valence-corrected chi connectivity index (χ3v) is 4.32. The first-order chi connectivity index (χ1) is 10.3. The minimum Gasteiger partial charge on any atom is -0.356 e. The normalized spacial score (nSPS) is 19.3. The van der Waals surface area contributed by atoms with E-state index in [4.69, 9.17) is 5.73 Å². The van der Waals surface area contributed by atoms with E-state index in [0.717, 1.165) is 44.5 Å². The van der Waals surface area contributed by atoms with Gasteiger partial charge in [-0.3, -0.25) is 0 Å². The fraction of sp³-hybridized carbons (Fsp3) is 0.625. The molecule has 114 valence electrons. The molecule has 21 heavy (non-hydrogen) atoms. The van der Waals surface area contributed by atoms with Crippen LogP contribution in [0.1, 0.15) is 38.3 Å². The average Bonchev–Trinajstić information content (AvgIpc) is 2.96. The second-order valence-electron chi connectivity index (χ2n) is 5.99. The fourth-order valence-electron chi connectivity index (χ4n) is 3.30. The Hall–Kier alpha value is -1.62. The van der Waals surface area contributed by atoms with Crippen LogP contribution in [-0.2, 0) is 6.42 Å². The van der Waals surface area contributed by atoms with Crippen LogP contribution >= 0.6 is 0 Å². The van der Waals surface area contributed by atoms with Crippen LogP contribution in [0, 0.1) is 5.92 Å². The zero-order valence-corrected chi connectivity index (χ0v) is 12.8. The van der Waals surface area contributed by atoms with Gasteiger partial charge in [0.05, 0.1) is 6.20 Å². The SMILES string of the molecule is CCCc1cc(N2CCC[C@@H](CCN)C2)n2nccc2n1. The number of nitrogens with two attached hydrogens (primary N) is 1. The Kier molecular flexibility index (Phi) is 4.39. The highest BCUT2D eigenvalue weighted by Gasteiger charge is 2.22. The van der Waals surface area contributed by atoms with Crippen molar-refractivity contribution >= 4 is 11.5 Å². The van der Waals surface area contributed by atoms with Gasteiger partial charge in [0.25, 0.3) is 0 Å². The molecule has 1 aliphatic heterocycles. The number of rotatable bonds is 5. The van der Waals surface area contributed by atoms with Crippen molar-refractivity contribution in [3.63, 3.8) is 0 Å². The van der Waals surface area contributed by atoms with E-state index in [9.17, 15) is 0 Å². The lowest BCUT2D eigenvalue weighted by atomic mass is 9.95. The van der Waals surface area contributed by atoms with Gasteiger partial charge in [-0.05, 0) is 38.1 Å². The third-order valence-electron chi connectivity index (χ3n) is 4.32. The van der Waals surface area contributed by atoms with Gasteiger partial charge in [-0.1, -0.05) is 13.3 Å². The average molecular weight is 287 g/mol. The van der Waals surface area contributed by atoms with Crippen LogP contribution in [0.15, 0.2) is 18.3 Å². The highest BCUT2D eigenvalue weighted by molar-refractivity contribution is 5.51. The molecule has 1 aliphatic rings. The van der Waals surface area contributed by atoms with Crippen molar-refractivity contribution in [3.05, 3.63) is 24.0 Å². The van der Waals surface area contributed by atoms with E-state index in [-0.39, 0.29) is 0 Å². The smallest absolute Gasteiger partial charge is 0.157 e. The quantitative estimate of drug-likeness (QED) is 0.916. The van der Waals surface area contributed by atoms with Crippen LogP contribution in [0.5, 0.6) is 0 Å². The highest BCUT2D eigenvalue weighted by Crippen LogP contribution is 2.25. The first kappa shape index (κ1) is 14.3. The van der Waals surface area contributed by atoms with E-state index >= 15 is 0 Å². The molecule has 5 heteroatoms. The number of hydrogen-bond donors (Lipinski definition) is 1. The molecule has 0 aromatic carbocycles. The summed E-state index contributed by atoms with van der Waals surface area (Å²) < 4.78 is 1.98. The summed E-state index contributed by atoms with van der Waals surface area (Å²) in [4.78, 5) is 7.15. The van der Waals surface area contributed by atoms with Crippen molar-refractivity contribution in [1.29, 1.82) is 0 Å². The first-order valence-electron chi connectivity index (χ1n) is 8.10. The van der Waals surface area contributed by atoms with Crippen LogP contribution in [0.25, 0.3) is 5.65 Å². The maximum absolute atomic E-state index is 5.74. The van der Waals surface area contributed by atoms with Gasteiger partial charge in [0.2, 0.25) is 0 Å². The molecular formula is C16H25N5. The molecule has 2 aromatic rings. The van der Waals surface area contributed by atoms with Gasteiger partial charge in [0.1, 0.15) is 5.82 Å². The van der Waals surface area contributed by atoms with Gasteiger partial charge in [-0.15, -0.1) is 0 Å². The zero-order valence-electron chi connectivity index (χ0n) is 12.8. The van der Waals surface area contributed by atoms with Crippen molar-refractivity contribution in [2.75, 3.05) is 24.5 Å². The second kappa shape index (κ2) is 6.43. The monoisotopic (exact) mass is 287 g/mol. The lowest BCUT2D eigenvalue weighted by Gasteiger charge is -2.34. The maximum Gasteiger partial charge on any atom is 0.157 e. The molecule has 1 saturated heterocycles. The summed E-state index contributed by atoms with van der Waals surface area (Å²) in [5, 5.41) is 4.45. The zero-order chi connectivity index (χ0) is 14.7. The predicted octanol–water partition coefficient (Wildman–Crippen LogP) is 2.25. The maximum atomic E-state index is 5.74.